The summed E-state index contributed by atoms with van der Waals surface area (Å²) in [6.07, 6.45) is 11.0. The Morgan fingerprint density at radius 2 is 2.13 bits per heavy atom. The van der Waals surface area contributed by atoms with Gasteiger partial charge in [-0.3, -0.25) is 4.98 Å². The van der Waals surface area contributed by atoms with E-state index in [1.54, 1.807) is 18.6 Å². The molecule has 3 aromatic rings. The summed E-state index contributed by atoms with van der Waals surface area (Å²) in [5.74, 6) is 1.75. The normalized spacial score (nSPS) is 13.9. The van der Waals surface area contributed by atoms with Crippen LogP contribution >= 0.6 is 0 Å². The molecule has 0 saturated carbocycles. The maximum Gasteiger partial charge on any atom is 0.174 e. The minimum atomic E-state index is 0.809. The standard InChI is InChI=1S/C14H20N6.C8H10N2/c1-4-5-13(14-17-10(2)18-19(14)3)20-7-6-11-12(8-20)16-9-15-11;1-7-3-2-6-10-8(7)4-5-9/h5,9H,4,6-8H2,1-3H3,(H,15,16);2-6H,9H2,1H3/b13-5+;5-4-. The average Bonchev–Trinajstić information content (AvgIpc) is 3.33. The van der Waals surface area contributed by atoms with Crippen LogP contribution in [-0.2, 0) is 20.0 Å². The van der Waals surface area contributed by atoms with Crippen molar-refractivity contribution in [2.75, 3.05) is 6.54 Å². The van der Waals surface area contributed by atoms with Gasteiger partial charge in [-0.2, -0.15) is 5.10 Å². The second kappa shape index (κ2) is 9.87. The van der Waals surface area contributed by atoms with Gasteiger partial charge in [-0.25, -0.2) is 14.6 Å². The predicted molar refractivity (Wildman–Crippen MR) is 119 cm³/mol. The van der Waals surface area contributed by atoms with Gasteiger partial charge in [0.1, 0.15) is 5.82 Å². The van der Waals surface area contributed by atoms with Crippen molar-refractivity contribution in [1.82, 2.24) is 34.6 Å². The van der Waals surface area contributed by atoms with Gasteiger partial charge in [-0.1, -0.05) is 19.1 Å². The summed E-state index contributed by atoms with van der Waals surface area (Å²) in [4.78, 5) is 18.6. The quantitative estimate of drug-likeness (QED) is 0.691. The zero-order chi connectivity index (χ0) is 21.5. The first-order valence-electron chi connectivity index (χ1n) is 10.2. The molecule has 0 fully saturated rings. The lowest BCUT2D eigenvalue weighted by Crippen LogP contribution is -2.30. The summed E-state index contributed by atoms with van der Waals surface area (Å²) in [6, 6.07) is 3.91. The van der Waals surface area contributed by atoms with E-state index in [0.717, 1.165) is 54.5 Å². The number of nitrogens with zero attached hydrogens (tertiary/aromatic N) is 6. The van der Waals surface area contributed by atoms with Gasteiger partial charge in [0.2, 0.25) is 0 Å². The van der Waals surface area contributed by atoms with E-state index in [2.05, 4.69) is 42.9 Å². The molecular weight excluding hydrogens is 376 g/mol. The number of nitrogens with one attached hydrogen (secondary N) is 1. The van der Waals surface area contributed by atoms with Crippen molar-refractivity contribution in [3.05, 3.63) is 71.2 Å². The van der Waals surface area contributed by atoms with E-state index in [1.165, 1.54) is 17.6 Å². The van der Waals surface area contributed by atoms with Crippen LogP contribution in [0.1, 0.15) is 47.6 Å². The topological polar surface area (TPSA) is 102 Å². The zero-order valence-corrected chi connectivity index (χ0v) is 18.1. The van der Waals surface area contributed by atoms with Gasteiger partial charge < -0.3 is 15.6 Å². The lowest BCUT2D eigenvalue weighted by molar-refractivity contribution is 0.361. The molecule has 1 aliphatic heterocycles. The Labute approximate surface area is 177 Å². The molecule has 158 valence electrons. The molecule has 0 amide bonds. The first-order valence-corrected chi connectivity index (χ1v) is 10.2. The Hall–Kier alpha value is -3.42. The number of fused-ring (bicyclic) bond motifs is 1. The molecular formula is C22H30N8. The Kier molecular flexibility index (Phi) is 7.00. The van der Waals surface area contributed by atoms with E-state index in [0.29, 0.717) is 0 Å². The molecule has 4 rings (SSSR count). The number of aromatic amines is 1. The maximum absolute atomic E-state index is 5.21. The molecule has 0 aliphatic carbocycles. The molecule has 0 bridgehead atoms. The smallest absolute Gasteiger partial charge is 0.174 e. The second-order valence-electron chi connectivity index (χ2n) is 7.17. The van der Waals surface area contributed by atoms with Crippen LogP contribution in [0.25, 0.3) is 11.8 Å². The van der Waals surface area contributed by atoms with Crippen LogP contribution in [0.5, 0.6) is 0 Å². The number of hydrogen-bond acceptors (Lipinski definition) is 6. The maximum atomic E-state index is 5.21. The molecule has 4 heterocycles. The van der Waals surface area contributed by atoms with Gasteiger partial charge >= 0.3 is 0 Å². The molecule has 8 heteroatoms. The third kappa shape index (κ3) is 4.94. The monoisotopic (exact) mass is 406 g/mol. The number of pyridine rings is 1. The fraction of sp³-hybridized carbons (Fsp3) is 0.364. The van der Waals surface area contributed by atoms with Crippen LogP contribution in [0.15, 0.2) is 36.9 Å². The number of imidazole rings is 1. The van der Waals surface area contributed by atoms with Crippen LogP contribution in [-0.4, -0.2) is 41.2 Å². The van der Waals surface area contributed by atoms with Crippen LogP contribution in [0.3, 0.4) is 0 Å². The fourth-order valence-corrected chi connectivity index (χ4v) is 3.47. The molecule has 0 saturated heterocycles. The van der Waals surface area contributed by atoms with Crippen molar-refractivity contribution in [3.8, 4) is 0 Å². The molecule has 0 radical (unpaired) electrons. The molecule has 0 aromatic carbocycles. The highest BCUT2D eigenvalue weighted by Gasteiger charge is 2.23. The van der Waals surface area contributed by atoms with E-state index in [4.69, 9.17) is 5.73 Å². The summed E-state index contributed by atoms with van der Waals surface area (Å²) in [5.41, 5.74) is 10.8. The van der Waals surface area contributed by atoms with Crippen LogP contribution in [0.2, 0.25) is 0 Å². The third-order valence-electron chi connectivity index (χ3n) is 4.92. The highest BCUT2D eigenvalue weighted by atomic mass is 15.4. The number of aromatic nitrogens is 6. The lowest BCUT2D eigenvalue weighted by Gasteiger charge is -2.30. The van der Waals surface area contributed by atoms with E-state index < -0.39 is 0 Å². The number of aryl methyl sites for hydroxylation is 3. The van der Waals surface area contributed by atoms with Crippen LogP contribution in [0, 0.1) is 13.8 Å². The second-order valence-corrected chi connectivity index (χ2v) is 7.17. The summed E-state index contributed by atoms with van der Waals surface area (Å²) in [7, 11) is 1.95. The van der Waals surface area contributed by atoms with Crippen molar-refractivity contribution in [2.45, 2.75) is 40.2 Å². The Morgan fingerprint density at radius 1 is 1.30 bits per heavy atom. The van der Waals surface area contributed by atoms with Gasteiger partial charge in [0.25, 0.3) is 0 Å². The number of H-pyrrole nitrogens is 1. The molecule has 0 unspecified atom stereocenters. The highest BCUT2D eigenvalue weighted by molar-refractivity contribution is 5.58. The Bertz CT molecular complexity index is 1030. The van der Waals surface area contributed by atoms with Crippen molar-refractivity contribution in [3.63, 3.8) is 0 Å². The van der Waals surface area contributed by atoms with E-state index >= 15 is 0 Å². The van der Waals surface area contributed by atoms with E-state index in [9.17, 15) is 0 Å². The Balaban J connectivity index is 0.000000216. The zero-order valence-electron chi connectivity index (χ0n) is 18.1. The number of nitrogens with two attached hydrogens (primary N) is 1. The van der Waals surface area contributed by atoms with Crippen molar-refractivity contribution >= 4 is 11.8 Å². The summed E-state index contributed by atoms with van der Waals surface area (Å²) in [5, 5.41) is 4.36. The summed E-state index contributed by atoms with van der Waals surface area (Å²) in [6.45, 7) is 7.90. The first-order chi connectivity index (χ1) is 14.5. The van der Waals surface area contributed by atoms with E-state index in [1.807, 2.05) is 37.7 Å². The minimum absolute atomic E-state index is 0.809. The lowest BCUT2D eigenvalue weighted by atomic mass is 10.1. The van der Waals surface area contributed by atoms with Crippen molar-refractivity contribution < 1.29 is 0 Å². The molecule has 3 N–H and O–H groups in total. The van der Waals surface area contributed by atoms with E-state index in [-0.39, 0.29) is 0 Å². The number of allylic oxidation sites excluding steroid dienone is 1. The fourth-order valence-electron chi connectivity index (χ4n) is 3.47. The van der Waals surface area contributed by atoms with Gasteiger partial charge in [0.05, 0.1) is 35.7 Å². The molecule has 1 aliphatic rings. The van der Waals surface area contributed by atoms with Crippen LogP contribution in [0.4, 0.5) is 0 Å². The molecule has 0 atom stereocenters. The molecule has 8 nitrogen and oxygen atoms in total. The third-order valence-corrected chi connectivity index (χ3v) is 4.92. The number of hydrogen-bond donors (Lipinski definition) is 2. The van der Waals surface area contributed by atoms with Crippen LogP contribution < -0.4 is 5.73 Å². The van der Waals surface area contributed by atoms with Gasteiger partial charge in [0.15, 0.2) is 5.82 Å². The van der Waals surface area contributed by atoms with Crippen molar-refractivity contribution in [1.29, 1.82) is 0 Å². The largest absolute Gasteiger partial charge is 0.405 e. The predicted octanol–water partition coefficient (Wildman–Crippen LogP) is 2.98. The first kappa shape index (κ1) is 21.3. The Morgan fingerprint density at radius 3 is 2.80 bits per heavy atom. The summed E-state index contributed by atoms with van der Waals surface area (Å²) < 4.78 is 1.86. The van der Waals surface area contributed by atoms with Crippen molar-refractivity contribution in [2.24, 2.45) is 12.8 Å². The SMILES string of the molecule is CC/C=C(\c1nc(C)nn1C)N1CCc2nc[nH]c2C1.Cc1cccnc1/C=C\N. The summed E-state index contributed by atoms with van der Waals surface area (Å²) >= 11 is 0. The molecule has 30 heavy (non-hydrogen) atoms. The average molecular weight is 407 g/mol. The minimum Gasteiger partial charge on any atom is -0.405 e. The molecule has 0 spiro atoms. The number of rotatable bonds is 4. The van der Waals surface area contributed by atoms with Gasteiger partial charge in [-0.05, 0) is 44.2 Å². The van der Waals surface area contributed by atoms with Gasteiger partial charge in [0, 0.05) is 26.2 Å². The van der Waals surface area contributed by atoms with Gasteiger partial charge in [-0.15, -0.1) is 0 Å². The molecule has 3 aromatic heterocycles. The highest BCUT2D eigenvalue weighted by Crippen LogP contribution is 2.25.